The third kappa shape index (κ3) is 2.52. The number of halogens is 1. The highest BCUT2D eigenvalue weighted by atomic mass is 19.1. The molecule has 106 valence electrons. The molecular formula is C17H15FN2O. The van der Waals surface area contributed by atoms with Crippen LogP contribution in [-0.4, -0.2) is 4.98 Å². The average Bonchev–Trinajstić information content (AvgIpc) is 2.46. The number of hydrogen-bond donors (Lipinski definition) is 1. The van der Waals surface area contributed by atoms with Crippen LogP contribution in [0.5, 0.6) is 11.5 Å². The number of anilines is 1. The molecule has 0 unspecified atom stereocenters. The molecular weight excluding hydrogens is 267 g/mol. The summed E-state index contributed by atoms with van der Waals surface area (Å²) in [5.74, 6) is 0.808. The Morgan fingerprint density at radius 3 is 2.62 bits per heavy atom. The van der Waals surface area contributed by atoms with Gasteiger partial charge in [-0.15, -0.1) is 0 Å². The van der Waals surface area contributed by atoms with Crippen molar-refractivity contribution in [3.8, 4) is 11.5 Å². The predicted octanol–water partition coefficient (Wildman–Crippen LogP) is 4.37. The predicted molar refractivity (Wildman–Crippen MR) is 82.1 cm³/mol. The molecule has 0 radical (unpaired) electrons. The summed E-state index contributed by atoms with van der Waals surface area (Å²) < 4.78 is 19.3. The number of ether oxygens (including phenoxy) is 1. The highest BCUT2D eigenvalue weighted by Crippen LogP contribution is 2.34. The molecule has 0 spiro atoms. The molecule has 0 aliphatic rings. The minimum absolute atomic E-state index is 0.326. The molecule has 0 saturated heterocycles. The van der Waals surface area contributed by atoms with Gasteiger partial charge < -0.3 is 10.5 Å². The summed E-state index contributed by atoms with van der Waals surface area (Å²) in [5.41, 5.74) is 8.34. The Morgan fingerprint density at radius 1 is 1.00 bits per heavy atom. The number of aryl methyl sites for hydroxylation is 2. The molecule has 3 rings (SSSR count). The van der Waals surface area contributed by atoms with E-state index in [-0.39, 0.29) is 5.82 Å². The number of rotatable bonds is 2. The van der Waals surface area contributed by atoms with Gasteiger partial charge in [0.1, 0.15) is 17.3 Å². The van der Waals surface area contributed by atoms with Crippen LogP contribution in [0.3, 0.4) is 0 Å². The summed E-state index contributed by atoms with van der Waals surface area (Å²) in [4.78, 5) is 4.25. The molecule has 1 heterocycles. The van der Waals surface area contributed by atoms with E-state index in [2.05, 4.69) is 4.98 Å². The lowest BCUT2D eigenvalue weighted by Gasteiger charge is -2.12. The zero-order valence-corrected chi connectivity index (χ0v) is 11.9. The second-order valence-electron chi connectivity index (χ2n) is 5.04. The van der Waals surface area contributed by atoms with Crippen molar-refractivity contribution in [3.63, 3.8) is 0 Å². The van der Waals surface area contributed by atoms with Crippen LogP contribution in [-0.2, 0) is 0 Å². The van der Waals surface area contributed by atoms with Crippen LogP contribution >= 0.6 is 0 Å². The van der Waals surface area contributed by atoms with Crippen LogP contribution in [0.25, 0.3) is 10.8 Å². The van der Waals surface area contributed by atoms with Crippen molar-refractivity contribution in [2.24, 2.45) is 0 Å². The zero-order valence-electron chi connectivity index (χ0n) is 11.9. The number of hydrogen-bond acceptors (Lipinski definition) is 3. The fourth-order valence-electron chi connectivity index (χ4n) is 2.23. The van der Waals surface area contributed by atoms with Gasteiger partial charge >= 0.3 is 0 Å². The Kier molecular flexibility index (Phi) is 3.22. The van der Waals surface area contributed by atoms with E-state index < -0.39 is 0 Å². The summed E-state index contributed by atoms with van der Waals surface area (Å²) in [7, 11) is 0. The van der Waals surface area contributed by atoms with E-state index in [0.717, 1.165) is 22.0 Å². The third-order valence-corrected chi connectivity index (χ3v) is 3.40. The first-order valence-corrected chi connectivity index (χ1v) is 6.63. The lowest BCUT2D eigenvalue weighted by molar-refractivity contribution is 0.478. The first kappa shape index (κ1) is 13.4. The Morgan fingerprint density at radius 2 is 1.81 bits per heavy atom. The Hall–Kier alpha value is -2.62. The summed E-state index contributed by atoms with van der Waals surface area (Å²) in [6.07, 6.45) is 1.73. The zero-order chi connectivity index (χ0) is 15.0. The molecule has 0 bridgehead atoms. The van der Waals surface area contributed by atoms with Gasteiger partial charge in [0.2, 0.25) is 0 Å². The van der Waals surface area contributed by atoms with E-state index in [1.807, 2.05) is 19.9 Å². The molecule has 3 nitrogen and oxygen atoms in total. The van der Waals surface area contributed by atoms with Crippen LogP contribution in [0.2, 0.25) is 0 Å². The van der Waals surface area contributed by atoms with Crippen molar-refractivity contribution in [2.75, 3.05) is 5.73 Å². The van der Waals surface area contributed by atoms with E-state index in [0.29, 0.717) is 17.2 Å². The number of nitrogens with two attached hydrogens (primary N) is 1. The van der Waals surface area contributed by atoms with Gasteiger partial charge in [0, 0.05) is 34.4 Å². The van der Waals surface area contributed by atoms with E-state index in [4.69, 9.17) is 10.5 Å². The van der Waals surface area contributed by atoms with Crippen molar-refractivity contribution in [1.29, 1.82) is 0 Å². The second kappa shape index (κ2) is 5.05. The molecule has 3 aromatic rings. The second-order valence-corrected chi connectivity index (χ2v) is 5.04. The van der Waals surface area contributed by atoms with Crippen molar-refractivity contribution >= 4 is 16.5 Å². The number of aromatic nitrogens is 1. The standard InChI is InChI=1S/C17H15FN2O/c1-10-3-4-12(18)8-17(10)21-16-6-5-15(19)14-9-20-11(2)7-13(14)16/h3-9H,19H2,1-2H3. The van der Waals surface area contributed by atoms with Gasteiger partial charge in [-0.05, 0) is 43.7 Å². The quantitative estimate of drug-likeness (QED) is 0.710. The van der Waals surface area contributed by atoms with Gasteiger partial charge in [-0.3, -0.25) is 4.98 Å². The maximum Gasteiger partial charge on any atom is 0.135 e. The lowest BCUT2D eigenvalue weighted by atomic mass is 10.1. The maximum atomic E-state index is 13.4. The molecule has 4 heteroatoms. The Labute approximate surface area is 122 Å². The van der Waals surface area contributed by atoms with Gasteiger partial charge in [-0.2, -0.15) is 0 Å². The van der Waals surface area contributed by atoms with Crippen molar-refractivity contribution in [2.45, 2.75) is 13.8 Å². The van der Waals surface area contributed by atoms with Crippen LogP contribution in [0, 0.1) is 19.7 Å². The Bertz CT molecular complexity index is 830. The van der Waals surface area contributed by atoms with Crippen LogP contribution < -0.4 is 10.5 Å². The van der Waals surface area contributed by atoms with Gasteiger partial charge in [0.25, 0.3) is 0 Å². The summed E-state index contributed by atoms with van der Waals surface area (Å²) in [6, 6.07) is 9.96. The van der Waals surface area contributed by atoms with Crippen LogP contribution in [0.1, 0.15) is 11.3 Å². The first-order valence-electron chi connectivity index (χ1n) is 6.63. The average molecular weight is 282 g/mol. The van der Waals surface area contributed by atoms with E-state index in [1.54, 1.807) is 24.4 Å². The van der Waals surface area contributed by atoms with Crippen molar-refractivity contribution in [3.05, 3.63) is 59.7 Å². The minimum Gasteiger partial charge on any atom is -0.456 e. The SMILES string of the molecule is Cc1cc2c(Oc3cc(F)ccc3C)ccc(N)c2cn1. The molecule has 21 heavy (non-hydrogen) atoms. The van der Waals surface area contributed by atoms with Gasteiger partial charge in [0.15, 0.2) is 0 Å². The van der Waals surface area contributed by atoms with Gasteiger partial charge in [0.05, 0.1) is 0 Å². The van der Waals surface area contributed by atoms with E-state index in [1.165, 1.54) is 12.1 Å². The van der Waals surface area contributed by atoms with Crippen LogP contribution in [0.4, 0.5) is 10.1 Å². The molecule has 0 amide bonds. The van der Waals surface area contributed by atoms with Gasteiger partial charge in [-0.25, -0.2) is 4.39 Å². The van der Waals surface area contributed by atoms with E-state index in [9.17, 15) is 4.39 Å². The molecule has 0 fully saturated rings. The van der Waals surface area contributed by atoms with Crippen molar-refractivity contribution < 1.29 is 9.13 Å². The highest BCUT2D eigenvalue weighted by molar-refractivity contribution is 5.96. The molecule has 2 N–H and O–H groups in total. The molecule has 2 aromatic carbocycles. The summed E-state index contributed by atoms with van der Waals surface area (Å²) in [6.45, 7) is 3.78. The molecule has 0 saturated carbocycles. The summed E-state index contributed by atoms with van der Waals surface area (Å²) >= 11 is 0. The first-order chi connectivity index (χ1) is 10.0. The number of benzene rings is 2. The number of nitrogens with zero attached hydrogens (tertiary/aromatic N) is 1. The van der Waals surface area contributed by atoms with Gasteiger partial charge in [-0.1, -0.05) is 6.07 Å². The number of pyridine rings is 1. The molecule has 0 aliphatic heterocycles. The normalized spacial score (nSPS) is 10.8. The third-order valence-electron chi connectivity index (χ3n) is 3.40. The molecule has 0 aliphatic carbocycles. The number of fused-ring (bicyclic) bond motifs is 1. The molecule has 1 aromatic heterocycles. The largest absolute Gasteiger partial charge is 0.456 e. The molecule has 0 atom stereocenters. The fraction of sp³-hybridized carbons (Fsp3) is 0.118. The monoisotopic (exact) mass is 282 g/mol. The number of nitrogen functional groups attached to an aromatic ring is 1. The summed E-state index contributed by atoms with van der Waals surface area (Å²) in [5, 5.41) is 1.69. The van der Waals surface area contributed by atoms with Crippen LogP contribution in [0.15, 0.2) is 42.6 Å². The van der Waals surface area contributed by atoms with E-state index >= 15 is 0 Å². The topological polar surface area (TPSA) is 48.1 Å². The maximum absolute atomic E-state index is 13.4. The smallest absolute Gasteiger partial charge is 0.135 e. The lowest BCUT2D eigenvalue weighted by Crippen LogP contribution is -1.94. The fourth-order valence-corrected chi connectivity index (χ4v) is 2.23. The highest BCUT2D eigenvalue weighted by Gasteiger charge is 2.09. The Balaban J connectivity index is 2.14. The van der Waals surface area contributed by atoms with Crippen molar-refractivity contribution in [1.82, 2.24) is 4.98 Å². The minimum atomic E-state index is -0.326.